The molecule has 0 saturated heterocycles. The number of fused-ring (bicyclic) bond motifs is 1. The SMILES string of the molecule is O=C(NCCOc1ccc2nnc(-c3ccc(F)cc3)n2n1)c1ccccc1Oc1ccccc1. The number of para-hydroxylation sites is 2. The summed E-state index contributed by atoms with van der Waals surface area (Å²) in [6, 6.07) is 25.6. The first-order chi connectivity index (χ1) is 17.2. The Balaban J connectivity index is 1.21. The van der Waals surface area contributed by atoms with Gasteiger partial charge >= 0.3 is 0 Å². The lowest BCUT2D eigenvalue weighted by Gasteiger charge is -2.12. The summed E-state index contributed by atoms with van der Waals surface area (Å²) < 4.78 is 26.3. The Morgan fingerprint density at radius 1 is 0.886 bits per heavy atom. The summed E-state index contributed by atoms with van der Waals surface area (Å²) in [5.41, 5.74) is 1.62. The highest BCUT2D eigenvalue weighted by Crippen LogP contribution is 2.25. The van der Waals surface area contributed by atoms with E-state index in [0.717, 1.165) is 0 Å². The van der Waals surface area contributed by atoms with Crippen molar-refractivity contribution in [3.63, 3.8) is 0 Å². The fourth-order valence-electron chi connectivity index (χ4n) is 3.40. The molecule has 0 radical (unpaired) electrons. The van der Waals surface area contributed by atoms with E-state index < -0.39 is 0 Å². The number of carbonyl (C=O) groups excluding carboxylic acids is 1. The Bertz CT molecular complexity index is 1460. The van der Waals surface area contributed by atoms with Crippen LogP contribution in [0.15, 0.2) is 91.0 Å². The van der Waals surface area contributed by atoms with E-state index in [2.05, 4.69) is 20.6 Å². The number of carbonyl (C=O) groups is 1. The summed E-state index contributed by atoms with van der Waals surface area (Å²) in [6.07, 6.45) is 0. The predicted molar refractivity (Wildman–Crippen MR) is 127 cm³/mol. The topological polar surface area (TPSA) is 90.6 Å². The average Bonchev–Trinajstić information content (AvgIpc) is 3.31. The van der Waals surface area contributed by atoms with Gasteiger partial charge in [-0.15, -0.1) is 15.3 Å². The van der Waals surface area contributed by atoms with Crippen molar-refractivity contribution in [3.05, 3.63) is 102 Å². The molecule has 3 aromatic carbocycles. The number of aromatic nitrogens is 4. The third-order valence-electron chi connectivity index (χ3n) is 5.08. The fraction of sp³-hybridized carbons (Fsp3) is 0.0769. The van der Waals surface area contributed by atoms with Crippen LogP contribution in [0, 0.1) is 5.82 Å². The molecule has 0 spiro atoms. The summed E-state index contributed by atoms with van der Waals surface area (Å²) in [7, 11) is 0. The van der Waals surface area contributed by atoms with Crippen LogP contribution >= 0.6 is 0 Å². The van der Waals surface area contributed by atoms with Crippen LogP contribution in [-0.2, 0) is 0 Å². The lowest BCUT2D eigenvalue weighted by Crippen LogP contribution is -2.28. The lowest BCUT2D eigenvalue weighted by atomic mass is 10.2. The molecule has 0 unspecified atom stereocenters. The Morgan fingerprint density at radius 2 is 1.66 bits per heavy atom. The summed E-state index contributed by atoms with van der Waals surface area (Å²) in [5.74, 6) is 1.30. The summed E-state index contributed by atoms with van der Waals surface area (Å²) in [6.45, 7) is 0.450. The largest absolute Gasteiger partial charge is 0.475 e. The molecule has 0 atom stereocenters. The molecule has 5 aromatic rings. The Hall–Kier alpha value is -4.79. The van der Waals surface area contributed by atoms with E-state index in [1.165, 1.54) is 16.6 Å². The van der Waals surface area contributed by atoms with Crippen molar-refractivity contribution in [2.45, 2.75) is 0 Å². The average molecular weight is 469 g/mol. The first-order valence-electron chi connectivity index (χ1n) is 10.9. The van der Waals surface area contributed by atoms with Gasteiger partial charge in [-0.25, -0.2) is 4.39 Å². The van der Waals surface area contributed by atoms with Crippen molar-refractivity contribution in [1.29, 1.82) is 0 Å². The van der Waals surface area contributed by atoms with Crippen LogP contribution in [-0.4, -0.2) is 38.9 Å². The van der Waals surface area contributed by atoms with Crippen LogP contribution < -0.4 is 14.8 Å². The zero-order valence-electron chi connectivity index (χ0n) is 18.5. The molecule has 8 nitrogen and oxygen atoms in total. The fourth-order valence-corrected chi connectivity index (χ4v) is 3.40. The molecule has 5 rings (SSSR count). The number of rotatable bonds is 8. The van der Waals surface area contributed by atoms with Crippen molar-refractivity contribution >= 4 is 11.6 Å². The molecule has 0 fully saturated rings. The first-order valence-corrected chi connectivity index (χ1v) is 10.9. The number of hydrogen-bond donors (Lipinski definition) is 1. The second-order valence-electron chi connectivity index (χ2n) is 7.49. The highest BCUT2D eigenvalue weighted by atomic mass is 19.1. The highest BCUT2D eigenvalue weighted by Gasteiger charge is 2.13. The third kappa shape index (κ3) is 5.09. The van der Waals surface area contributed by atoms with Gasteiger partial charge in [-0.2, -0.15) is 4.52 Å². The maximum absolute atomic E-state index is 13.2. The van der Waals surface area contributed by atoms with Crippen molar-refractivity contribution in [2.75, 3.05) is 13.2 Å². The molecule has 1 amide bonds. The molecular weight excluding hydrogens is 449 g/mol. The third-order valence-corrected chi connectivity index (χ3v) is 5.08. The van der Waals surface area contributed by atoms with E-state index in [9.17, 15) is 9.18 Å². The molecular formula is C26H20FN5O3. The molecule has 1 N–H and O–H groups in total. The molecule has 0 aliphatic heterocycles. The van der Waals surface area contributed by atoms with Gasteiger partial charge in [-0.3, -0.25) is 4.79 Å². The molecule has 9 heteroatoms. The van der Waals surface area contributed by atoms with Gasteiger partial charge in [0.1, 0.15) is 23.9 Å². The quantitative estimate of drug-likeness (QED) is 0.336. The van der Waals surface area contributed by atoms with Gasteiger partial charge in [0, 0.05) is 11.6 Å². The van der Waals surface area contributed by atoms with Crippen LogP contribution in [0.3, 0.4) is 0 Å². The molecule has 174 valence electrons. The molecule has 2 aromatic heterocycles. The minimum Gasteiger partial charge on any atom is -0.475 e. The zero-order chi connectivity index (χ0) is 24.0. The van der Waals surface area contributed by atoms with E-state index >= 15 is 0 Å². The van der Waals surface area contributed by atoms with Gasteiger partial charge in [-0.05, 0) is 54.6 Å². The van der Waals surface area contributed by atoms with Crippen molar-refractivity contribution in [3.8, 4) is 28.8 Å². The number of nitrogens with zero attached hydrogens (tertiary/aromatic N) is 4. The standard InChI is InChI=1S/C26H20FN5O3/c27-19-12-10-18(11-13-19)25-30-29-23-14-15-24(31-32(23)25)34-17-16-28-26(33)21-8-4-5-9-22(21)35-20-6-2-1-3-7-20/h1-15H,16-17H2,(H,28,33). The van der Waals surface area contributed by atoms with E-state index in [1.54, 1.807) is 42.5 Å². The normalized spacial score (nSPS) is 10.8. The molecule has 0 aliphatic carbocycles. The van der Waals surface area contributed by atoms with E-state index in [1.807, 2.05) is 36.4 Å². The van der Waals surface area contributed by atoms with Crippen molar-refractivity contribution in [2.24, 2.45) is 0 Å². The summed E-state index contributed by atoms with van der Waals surface area (Å²) in [5, 5.41) is 15.5. The van der Waals surface area contributed by atoms with Gasteiger partial charge in [0.2, 0.25) is 5.88 Å². The Kier molecular flexibility index (Phi) is 6.29. The molecule has 35 heavy (non-hydrogen) atoms. The number of benzene rings is 3. The molecule has 0 bridgehead atoms. The predicted octanol–water partition coefficient (Wildman–Crippen LogP) is 4.53. The monoisotopic (exact) mass is 469 g/mol. The number of nitrogens with one attached hydrogen (secondary N) is 1. The maximum atomic E-state index is 13.2. The van der Waals surface area contributed by atoms with Gasteiger partial charge < -0.3 is 14.8 Å². The molecule has 0 aliphatic rings. The maximum Gasteiger partial charge on any atom is 0.255 e. The number of amides is 1. The molecule has 0 saturated carbocycles. The second kappa shape index (κ2) is 10.0. The molecule has 2 heterocycles. The zero-order valence-corrected chi connectivity index (χ0v) is 18.5. The van der Waals surface area contributed by atoms with Gasteiger partial charge in [0.05, 0.1) is 12.1 Å². The summed E-state index contributed by atoms with van der Waals surface area (Å²) in [4.78, 5) is 12.7. The number of halogens is 1. The van der Waals surface area contributed by atoms with Crippen molar-refractivity contribution < 1.29 is 18.7 Å². The Labute approximate surface area is 200 Å². The van der Waals surface area contributed by atoms with Crippen LogP contribution in [0.4, 0.5) is 4.39 Å². The smallest absolute Gasteiger partial charge is 0.255 e. The van der Waals surface area contributed by atoms with Crippen LogP contribution in [0.25, 0.3) is 17.0 Å². The van der Waals surface area contributed by atoms with E-state index in [4.69, 9.17) is 9.47 Å². The van der Waals surface area contributed by atoms with Crippen molar-refractivity contribution in [1.82, 2.24) is 25.1 Å². The summed E-state index contributed by atoms with van der Waals surface area (Å²) >= 11 is 0. The van der Waals surface area contributed by atoms with Crippen LogP contribution in [0.1, 0.15) is 10.4 Å². The van der Waals surface area contributed by atoms with Gasteiger partial charge in [0.25, 0.3) is 5.91 Å². The van der Waals surface area contributed by atoms with Gasteiger partial charge in [0.15, 0.2) is 11.5 Å². The highest BCUT2D eigenvalue weighted by molar-refractivity contribution is 5.97. The Morgan fingerprint density at radius 3 is 2.49 bits per heavy atom. The first kappa shape index (κ1) is 22.0. The van der Waals surface area contributed by atoms with E-state index in [0.29, 0.717) is 40.0 Å². The lowest BCUT2D eigenvalue weighted by molar-refractivity contribution is 0.0944. The number of hydrogen-bond acceptors (Lipinski definition) is 6. The van der Waals surface area contributed by atoms with E-state index in [-0.39, 0.29) is 24.9 Å². The minimum absolute atomic E-state index is 0.194. The second-order valence-corrected chi connectivity index (χ2v) is 7.49. The van der Waals surface area contributed by atoms with Crippen LogP contribution in [0.2, 0.25) is 0 Å². The van der Waals surface area contributed by atoms with Gasteiger partial charge in [-0.1, -0.05) is 30.3 Å². The minimum atomic E-state index is -0.337. The van der Waals surface area contributed by atoms with Crippen LogP contribution in [0.5, 0.6) is 17.4 Å². The number of ether oxygens (including phenoxy) is 2.